The van der Waals surface area contributed by atoms with Crippen molar-refractivity contribution in [1.82, 2.24) is 10.2 Å². The van der Waals surface area contributed by atoms with E-state index in [1.807, 2.05) is 49.4 Å². The maximum Gasteiger partial charge on any atom is 0.230 e. The number of hydrogen-bond donors (Lipinski definition) is 1. The van der Waals surface area contributed by atoms with Gasteiger partial charge in [-0.1, -0.05) is 72.9 Å². The number of nitrogens with one attached hydrogen (secondary N) is 1. The van der Waals surface area contributed by atoms with Gasteiger partial charge in [0.2, 0.25) is 11.0 Å². The van der Waals surface area contributed by atoms with Crippen molar-refractivity contribution < 1.29 is 4.79 Å². The zero-order chi connectivity index (χ0) is 16.1. The number of amides is 1. The van der Waals surface area contributed by atoms with Gasteiger partial charge in [-0.2, -0.15) is 0 Å². The van der Waals surface area contributed by atoms with Crippen LogP contribution in [0, 0.1) is 0 Å². The average molecular weight is 323 g/mol. The first kappa shape index (κ1) is 15.4. The molecular weight excluding hydrogens is 306 g/mol. The third kappa shape index (κ3) is 4.02. The summed E-state index contributed by atoms with van der Waals surface area (Å²) >= 11 is 1.42. The number of carbonyl (C=O) groups is 1. The molecule has 0 aliphatic rings. The van der Waals surface area contributed by atoms with Crippen LogP contribution >= 0.6 is 11.3 Å². The zero-order valence-electron chi connectivity index (χ0n) is 12.8. The van der Waals surface area contributed by atoms with Gasteiger partial charge in [-0.25, -0.2) is 0 Å². The molecule has 0 bridgehead atoms. The van der Waals surface area contributed by atoms with Crippen molar-refractivity contribution >= 4 is 22.4 Å². The fourth-order valence-electron chi connectivity index (χ4n) is 2.24. The molecule has 1 aromatic heterocycles. The Kier molecular flexibility index (Phi) is 4.78. The fraction of sp³-hybridized carbons (Fsp3) is 0.167. The van der Waals surface area contributed by atoms with Gasteiger partial charge in [-0.15, -0.1) is 10.2 Å². The van der Waals surface area contributed by atoms with Crippen molar-refractivity contribution in [3.05, 3.63) is 65.2 Å². The van der Waals surface area contributed by atoms with Gasteiger partial charge in [0.05, 0.1) is 6.42 Å². The summed E-state index contributed by atoms with van der Waals surface area (Å²) in [4.78, 5) is 12.1. The summed E-state index contributed by atoms with van der Waals surface area (Å²) in [5.74, 6) is -0.0729. The van der Waals surface area contributed by atoms with Crippen molar-refractivity contribution in [3.63, 3.8) is 0 Å². The lowest BCUT2D eigenvalue weighted by atomic mass is 10.0. The summed E-state index contributed by atoms with van der Waals surface area (Å²) in [5, 5.41) is 12.2. The van der Waals surface area contributed by atoms with Crippen molar-refractivity contribution in [2.75, 3.05) is 5.32 Å². The van der Waals surface area contributed by atoms with Gasteiger partial charge < -0.3 is 5.32 Å². The molecule has 1 N–H and O–H groups in total. The second kappa shape index (κ2) is 7.15. The lowest BCUT2D eigenvalue weighted by Gasteiger charge is -2.04. The predicted octanol–water partition coefficient (Wildman–Crippen LogP) is 3.95. The molecule has 0 aliphatic heterocycles. The quantitative estimate of drug-likeness (QED) is 0.773. The highest BCUT2D eigenvalue weighted by atomic mass is 32.1. The van der Waals surface area contributed by atoms with Crippen molar-refractivity contribution in [1.29, 1.82) is 0 Å². The predicted molar refractivity (Wildman–Crippen MR) is 93.5 cm³/mol. The smallest absolute Gasteiger partial charge is 0.230 e. The third-order valence-corrected chi connectivity index (χ3v) is 4.42. The average Bonchev–Trinajstić information content (AvgIpc) is 3.04. The van der Waals surface area contributed by atoms with E-state index in [1.54, 1.807) is 0 Å². The van der Waals surface area contributed by atoms with Gasteiger partial charge in [0, 0.05) is 0 Å². The molecule has 0 spiro atoms. The van der Waals surface area contributed by atoms with E-state index in [0.29, 0.717) is 11.6 Å². The molecule has 2 aromatic carbocycles. The molecule has 0 radical (unpaired) electrons. The molecule has 1 heterocycles. The number of benzene rings is 2. The van der Waals surface area contributed by atoms with Crippen LogP contribution in [0.15, 0.2) is 54.6 Å². The molecule has 5 heteroatoms. The molecular formula is C18H17N3OS. The van der Waals surface area contributed by atoms with Crippen molar-refractivity contribution in [2.24, 2.45) is 0 Å². The van der Waals surface area contributed by atoms with E-state index in [9.17, 15) is 4.79 Å². The summed E-state index contributed by atoms with van der Waals surface area (Å²) in [7, 11) is 0. The number of hydrogen-bond acceptors (Lipinski definition) is 4. The van der Waals surface area contributed by atoms with E-state index in [-0.39, 0.29) is 5.91 Å². The highest BCUT2D eigenvalue weighted by Crippen LogP contribution is 2.20. The van der Waals surface area contributed by atoms with Crippen LogP contribution < -0.4 is 5.32 Å². The fourth-order valence-corrected chi connectivity index (χ4v) is 2.94. The zero-order valence-corrected chi connectivity index (χ0v) is 13.6. The van der Waals surface area contributed by atoms with E-state index >= 15 is 0 Å². The van der Waals surface area contributed by atoms with Crippen LogP contribution in [0.2, 0.25) is 0 Å². The Morgan fingerprint density at radius 3 is 2.35 bits per heavy atom. The summed E-state index contributed by atoms with van der Waals surface area (Å²) in [6.07, 6.45) is 1.16. The second-order valence-corrected chi connectivity index (χ2v) is 6.20. The monoisotopic (exact) mass is 323 g/mol. The van der Waals surface area contributed by atoms with Gasteiger partial charge in [0.25, 0.3) is 0 Å². The first-order chi connectivity index (χ1) is 11.2. The Morgan fingerprint density at radius 1 is 1.00 bits per heavy atom. The van der Waals surface area contributed by atoms with Gasteiger partial charge in [-0.05, 0) is 23.1 Å². The van der Waals surface area contributed by atoms with E-state index in [2.05, 4.69) is 27.6 Å². The van der Waals surface area contributed by atoms with E-state index in [0.717, 1.165) is 22.6 Å². The Balaban J connectivity index is 1.62. The van der Waals surface area contributed by atoms with Gasteiger partial charge in [-0.3, -0.25) is 4.79 Å². The molecule has 0 unspecified atom stereocenters. The highest BCUT2D eigenvalue weighted by molar-refractivity contribution is 7.15. The van der Waals surface area contributed by atoms with E-state index in [4.69, 9.17) is 0 Å². The van der Waals surface area contributed by atoms with Gasteiger partial charge in [0.15, 0.2) is 0 Å². The van der Waals surface area contributed by atoms with Crippen LogP contribution in [-0.2, 0) is 17.6 Å². The Morgan fingerprint density at radius 2 is 1.70 bits per heavy atom. The SMILES string of the molecule is CCc1nnc(NC(=O)Cc2ccc(-c3ccccc3)cc2)s1. The number of nitrogens with zero attached hydrogens (tertiary/aromatic N) is 2. The van der Waals surface area contributed by atoms with E-state index in [1.165, 1.54) is 16.9 Å². The van der Waals surface area contributed by atoms with Crippen LogP contribution in [0.4, 0.5) is 5.13 Å². The number of aryl methyl sites for hydroxylation is 1. The summed E-state index contributed by atoms with van der Waals surface area (Å²) in [5.41, 5.74) is 3.29. The van der Waals surface area contributed by atoms with Crippen LogP contribution in [-0.4, -0.2) is 16.1 Å². The normalized spacial score (nSPS) is 10.5. The highest BCUT2D eigenvalue weighted by Gasteiger charge is 2.08. The number of aromatic nitrogens is 2. The summed E-state index contributed by atoms with van der Waals surface area (Å²) < 4.78 is 0. The second-order valence-electron chi connectivity index (χ2n) is 5.14. The minimum atomic E-state index is -0.0729. The molecule has 0 atom stereocenters. The standard InChI is InChI=1S/C18H17N3OS/c1-2-17-20-21-18(23-17)19-16(22)12-13-8-10-15(11-9-13)14-6-4-3-5-7-14/h3-11H,2,12H2,1H3,(H,19,21,22). The molecule has 116 valence electrons. The molecule has 1 amide bonds. The maximum atomic E-state index is 12.1. The topological polar surface area (TPSA) is 54.9 Å². The molecule has 0 aliphatic carbocycles. The van der Waals surface area contributed by atoms with Crippen molar-refractivity contribution in [2.45, 2.75) is 19.8 Å². The molecule has 0 saturated carbocycles. The Hall–Kier alpha value is -2.53. The molecule has 3 rings (SSSR count). The third-order valence-electron chi connectivity index (χ3n) is 3.44. The molecule has 0 fully saturated rings. The number of carbonyl (C=O) groups excluding carboxylic acids is 1. The van der Waals surface area contributed by atoms with Gasteiger partial charge in [0.1, 0.15) is 5.01 Å². The maximum absolute atomic E-state index is 12.1. The Labute approximate surface area is 139 Å². The van der Waals surface area contributed by atoms with Crippen LogP contribution in [0.3, 0.4) is 0 Å². The first-order valence-corrected chi connectivity index (χ1v) is 8.33. The van der Waals surface area contributed by atoms with Crippen molar-refractivity contribution in [3.8, 4) is 11.1 Å². The lowest BCUT2D eigenvalue weighted by Crippen LogP contribution is -2.14. The minimum absolute atomic E-state index is 0.0729. The molecule has 0 saturated heterocycles. The molecule has 3 aromatic rings. The lowest BCUT2D eigenvalue weighted by molar-refractivity contribution is -0.115. The largest absolute Gasteiger partial charge is 0.300 e. The van der Waals surface area contributed by atoms with E-state index < -0.39 is 0 Å². The van der Waals surface area contributed by atoms with Crippen LogP contribution in [0.5, 0.6) is 0 Å². The number of rotatable bonds is 5. The minimum Gasteiger partial charge on any atom is -0.300 e. The number of anilines is 1. The van der Waals surface area contributed by atoms with Crippen LogP contribution in [0.1, 0.15) is 17.5 Å². The van der Waals surface area contributed by atoms with Crippen LogP contribution in [0.25, 0.3) is 11.1 Å². The summed E-state index contributed by atoms with van der Waals surface area (Å²) in [6, 6.07) is 18.2. The molecule has 4 nitrogen and oxygen atoms in total. The Bertz CT molecular complexity index is 782. The molecule has 23 heavy (non-hydrogen) atoms. The summed E-state index contributed by atoms with van der Waals surface area (Å²) in [6.45, 7) is 2.01. The van der Waals surface area contributed by atoms with Gasteiger partial charge >= 0.3 is 0 Å². The first-order valence-electron chi connectivity index (χ1n) is 7.51.